The lowest BCUT2D eigenvalue weighted by molar-refractivity contribution is -0.899. The normalized spacial score (nSPS) is 18.7. The number of nitrogens with one attached hydrogen (secondary N) is 2. The fourth-order valence-corrected chi connectivity index (χ4v) is 3.58. The van der Waals surface area contributed by atoms with Crippen molar-refractivity contribution >= 4 is 17.6 Å². The summed E-state index contributed by atoms with van der Waals surface area (Å²) in [6.45, 7) is 4.62. The molecule has 0 bridgehead atoms. The topological polar surface area (TPSA) is 69.1 Å². The molecule has 154 valence electrons. The highest BCUT2D eigenvalue weighted by Crippen LogP contribution is 2.17. The molecule has 1 aliphatic heterocycles. The number of hydrogen-bond acceptors (Lipinski definition) is 4. The number of benzene rings is 2. The van der Waals surface area contributed by atoms with Crippen molar-refractivity contribution in [2.24, 2.45) is 5.92 Å². The molecule has 2 atom stereocenters. The van der Waals surface area contributed by atoms with Gasteiger partial charge >= 0.3 is 5.97 Å². The Morgan fingerprint density at radius 3 is 2.59 bits per heavy atom. The third kappa shape index (κ3) is 6.61. The molecule has 1 heterocycles. The molecule has 1 aliphatic rings. The lowest BCUT2D eigenvalue weighted by Crippen LogP contribution is -3.14. The maximum atomic E-state index is 12.4. The molecule has 1 amide bonds. The van der Waals surface area contributed by atoms with Gasteiger partial charge in [0.25, 0.3) is 5.91 Å². The molecule has 29 heavy (non-hydrogen) atoms. The van der Waals surface area contributed by atoms with E-state index in [2.05, 4.69) is 5.32 Å². The molecule has 1 unspecified atom stereocenters. The van der Waals surface area contributed by atoms with E-state index in [0.717, 1.165) is 41.3 Å². The van der Waals surface area contributed by atoms with Crippen LogP contribution in [-0.4, -0.2) is 38.1 Å². The molecule has 6 heteroatoms. The largest absolute Gasteiger partial charge is 0.489 e. The van der Waals surface area contributed by atoms with Crippen LogP contribution >= 0.6 is 0 Å². The minimum Gasteiger partial charge on any atom is -0.489 e. The molecule has 2 N–H and O–H groups in total. The first-order valence-corrected chi connectivity index (χ1v) is 10.2. The summed E-state index contributed by atoms with van der Waals surface area (Å²) in [7, 11) is 0. The Bertz CT molecular complexity index is 792. The summed E-state index contributed by atoms with van der Waals surface area (Å²) in [5.41, 5.74) is 1.84. The van der Waals surface area contributed by atoms with Gasteiger partial charge in [-0.1, -0.05) is 30.3 Å². The molecule has 1 saturated heterocycles. The molecule has 2 aromatic rings. The van der Waals surface area contributed by atoms with Crippen molar-refractivity contribution < 1.29 is 24.0 Å². The van der Waals surface area contributed by atoms with Crippen LogP contribution in [0.4, 0.5) is 5.69 Å². The summed E-state index contributed by atoms with van der Waals surface area (Å²) < 4.78 is 10.9. The fraction of sp³-hybridized carbons (Fsp3) is 0.391. The van der Waals surface area contributed by atoms with Crippen LogP contribution in [-0.2, 0) is 20.9 Å². The van der Waals surface area contributed by atoms with Crippen molar-refractivity contribution in [1.82, 2.24) is 0 Å². The van der Waals surface area contributed by atoms with Gasteiger partial charge in [0.15, 0.2) is 6.54 Å². The Kier molecular flexibility index (Phi) is 7.64. The molecule has 6 nitrogen and oxygen atoms in total. The van der Waals surface area contributed by atoms with E-state index in [1.54, 1.807) is 0 Å². The number of amides is 1. The Balaban J connectivity index is 1.44. The zero-order valence-electron chi connectivity index (χ0n) is 16.9. The van der Waals surface area contributed by atoms with E-state index in [1.807, 2.05) is 61.5 Å². The predicted molar refractivity (Wildman–Crippen MR) is 111 cm³/mol. The van der Waals surface area contributed by atoms with Crippen molar-refractivity contribution in [2.75, 3.05) is 31.6 Å². The van der Waals surface area contributed by atoms with E-state index in [0.29, 0.717) is 26.3 Å². The minimum absolute atomic E-state index is 0.0533. The highest BCUT2D eigenvalue weighted by atomic mass is 16.5. The van der Waals surface area contributed by atoms with Crippen molar-refractivity contribution in [1.29, 1.82) is 0 Å². The zero-order chi connectivity index (χ0) is 20.5. The lowest BCUT2D eigenvalue weighted by atomic mass is 9.98. The molecule has 2 aromatic carbocycles. The number of piperidine rings is 1. The molecule has 0 radical (unpaired) electrons. The van der Waals surface area contributed by atoms with Crippen LogP contribution in [0.2, 0.25) is 0 Å². The van der Waals surface area contributed by atoms with Crippen LogP contribution < -0.4 is 15.0 Å². The van der Waals surface area contributed by atoms with Crippen molar-refractivity contribution in [2.45, 2.75) is 26.4 Å². The van der Waals surface area contributed by atoms with Gasteiger partial charge in [0.05, 0.1) is 19.7 Å². The van der Waals surface area contributed by atoms with E-state index in [9.17, 15) is 9.59 Å². The maximum Gasteiger partial charge on any atom is 0.314 e. The van der Waals surface area contributed by atoms with Crippen molar-refractivity contribution in [3.05, 3.63) is 60.2 Å². The number of carbonyl (C=O) groups excluding carboxylic acids is 2. The van der Waals surface area contributed by atoms with E-state index < -0.39 is 0 Å². The Labute approximate surface area is 171 Å². The predicted octanol–water partition coefficient (Wildman–Crippen LogP) is 2.06. The third-order valence-corrected chi connectivity index (χ3v) is 5.03. The number of rotatable bonds is 8. The highest BCUT2D eigenvalue weighted by molar-refractivity contribution is 5.91. The standard InChI is InChI=1S/C23H28N2O4/c1-2-28-23(27)19-9-6-14-25(15-19)16-22(26)24-20-10-12-21(13-11-20)29-17-18-7-4-3-5-8-18/h3-5,7-8,10-13,19H,2,6,9,14-17H2,1H3,(H,24,26)/p+1/t19-/m0/s1. The number of esters is 1. The van der Waals surface area contributed by atoms with Gasteiger partial charge in [0.2, 0.25) is 0 Å². The zero-order valence-corrected chi connectivity index (χ0v) is 16.9. The summed E-state index contributed by atoms with van der Waals surface area (Å²) in [4.78, 5) is 25.5. The highest BCUT2D eigenvalue weighted by Gasteiger charge is 2.30. The molecule has 0 aromatic heterocycles. The molecule has 0 spiro atoms. The number of quaternary nitrogens is 1. The summed E-state index contributed by atoms with van der Waals surface area (Å²) in [5, 5.41) is 2.93. The first-order chi connectivity index (χ1) is 14.1. The lowest BCUT2D eigenvalue weighted by Gasteiger charge is -2.28. The molecule has 0 aliphatic carbocycles. The van der Waals surface area contributed by atoms with Gasteiger partial charge in [-0.05, 0) is 49.6 Å². The van der Waals surface area contributed by atoms with Crippen LogP contribution in [0.15, 0.2) is 54.6 Å². The summed E-state index contributed by atoms with van der Waals surface area (Å²) >= 11 is 0. The number of ether oxygens (including phenoxy) is 2. The SMILES string of the molecule is CCOC(=O)[C@H]1CCC[NH+](CC(=O)Nc2ccc(OCc3ccccc3)cc2)C1. The van der Waals surface area contributed by atoms with Gasteiger partial charge in [0, 0.05) is 5.69 Å². The van der Waals surface area contributed by atoms with Crippen LogP contribution in [0.5, 0.6) is 5.75 Å². The number of anilines is 1. The Hall–Kier alpha value is -2.86. The van der Waals surface area contributed by atoms with Crippen LogP contribution in [0.25, 0.3) is 0 Å². The maximum absolute atomic E-state index is 12.4. The van der Waals surface area contributed by atoms with Gasteiger partial charge in [-0.3, -0.25) is 9.59 Å². The monoisotopic (exact) mass is 397 g/mol. The minimum atomic E-state index is -0.142. The van der Waals surface area contributed by atoms with Crippen LogP contribution in [0.1, 0.15) is 25.3 Å². The first-order valence-electron chi connectivity index (χ1n) is 10.2. The second-order valence-corrected chi connectivity index (χ2v) is 7.32. The van der Waals surface area contributed by atoms with E-state index in [1.165, 1.54) is 0 Å². The molecular weight excluding hydrogens is 368 g/mol. The number of hydrogen-bond donors (Lipinski definition) is 2. The van der Waals surface area contributed by atoms with Crippen LogP contribution in [0.3, 0.4) is 0 Å². The van der Waals surface area contributed by atoms with Gasteiger partial charge in [-0.2, -0.15) is 0 Å². The average Bonchev–Trinajstić information content (AvgIpc) is 2.74. The van der Waals surface area contributed by atoms with Gasteiger partial charge < -0.3 is 19.7 Å². The fourth-order valence-electron chi connectivity index (χ4n) is 3.58. The van der Waals surface area contributed by atoms with E-state index in [-0.39, 0.29) is 17.8 Å². The van der Waals surface area contributed by atoms with Gasteiger partial charge in [-0.25, -0.2) is 0 Å². The van der Waals surface area contributed by atoms with Crippen LogP contribution in [0, 0.1) is 5.92 Å². The van der Waals surface area contributed by atoms with Gasteiger partial charge in [0.1, 0.15) is 18.3 Å². The second kappa shape index (κ2) is 10.6. The van der Waals surface area contributed by atoms with Crippen molar-refractivity contribution in [3.63, 3.8) is 0 Å². The average molecular weight is 397 g/mol. The summed E-state index contributed by atoms with van der Waals surface area (Å²) in [6, 6.07) is 17.4. The Morgan fingerprint density at radius 2 is 1.86 bits per heavy atom. The molecule has 3 rings (SSSR count). The summed E-state index contributed by atoms with van der Waals surface area (Å²) in [6.07, 6.45) is 1.77. The smallest absolute Gasteiger partial charge is 0.314 e. The number of likely N-dealkylation sites (tertiary alicyclic amines) is 1. The number of carbonyl (C=O) groups is 2. The molecular formula is C23H29N2O4+. The van der Waals surface area contributed by atoms with E-state index >= 15 is 0 Å². The Morgan fingerprint density at radius 1 is 1.10 bits per heavy atom. The third-order valence-electron chi connectivity index (χ3n) is 5.03. The second-order valence-electron chi connectivity index (χ2n) is 7.32. The van der Waals surface area contributed by atoms with Crippen molar-refractivity contribution in [3.8, 4) is 5.75 Å². The van der Waals surface area contributed by atoms with Gasteiger partial charge in [-0.15, -0.1) is 0 Å². The summed E-state index contributed by atoms with van der Waals surface area (Å²) in [5.74, 6) is 0.456. The molecule has 1 fully saturated rings. The van der Waals surface area contributed by atoms with E-state index in [4.69, 9.17) is 9.47 Å². The quantitative estimate of drug-likeness (QED) is 0.669. The first kappa shape index (κ1) is 20.9. The molecule has 0 saturated carbocycles.